The number of nitrogens with one attached hydrogen (secondary N) is 1. The van der Waals surface area contributed by atoms with Gasteiger partial charge in [0.1, 0.15) is 6.10 Å². The standard InChI is InChI=1S/C14H18N2OS/c1-15-11-4-2-3-5-12(11)17-14-10-7-9-18-13(10)6-8-16-14/h6-9,11-12,15H,2-5H2,1H3. The Morgan fingerprint density at radius 2 is 2.22 bits per heavy atom. The fraction of sp³-hybridized carbons (Fsp3) is 0.500. The average Bonchev–Trinajstić information content (AvgIpc) is 2.89. The van der Waals surface area contributed by atoms with Crippen molar-refractivity contribution in [2.24, 2.45) is 0 Å². The number of pyridine rings is 1. The predicted molar refractivity (Wildman–Crippen MR) is 75.4 cm³/mol. The number of rotatable bonds is 3. The van der Waals surface area contributed by atoms with Gasteiger partial charge in [0, 0.05) is 16.9 Å². The van der Waals surface area contributed by atoms with E-state index in [2.05, 4.69) is 21.7 Å². The summed E-state index contributed by atoms with van der Waals surface area (Å²) in [6, 6.07) is 4.59. The molecule has 0 radical (unpaired) electrons. The molecule has 2 aromatic heterocycles. The van der Waals surface area contributed by atoms with Gasteiger partial charge < -0.3 is 10.1 Å². The molecule has 2 atom stereocenters. The van der Waals surface area contributed by atoms with Crippen molar-refractivity contribution in [2.75, 3.05) is 7.05 Å². The molecule has 3 rings (SSSR count). The molecule has 2 heterocycles. The van der Waals surface area contributed by atoms with Crippen LogP contribution in [0, 0.1) is 0 Å². The van der Waals surface area contributed by atoms with Crippen molar-refractivity contribution in [3.63, 3.8) is 0 Å². The molecule has 1 N–H and O–H groups in total. The summed E-state index contributed by atoms with van der Waals surface area (Å²) >= 11 is 1.73. The van der Waals surface area contributed by atoms with E-state index in [9.17, 15) is 0 Å². The third-order valence-electron chi connectivity index (χ3n) is 3.68. The molecule has 1 saturated carbocycles. The Balaban J connectivity index is 1.84. The summed E-state index contributed by atoms with van der Waals surface area (Å²) in [5.41, 5.74) is 0. The summed E-state index contributed by atoms with van der Waals surface area (Å²) < 4.78 is 7.41. The lowest BCUT2D eigenvalue weighted by molar-refractivity contribution is 0.115. The summed E-state index contributed by atoms with van der Waals surface area (Å²) in [4.78, 5) is 4.40. The lowest BCUT2D eigenvalue weighted by atomic mass is 9.92. The van der Waals surface area contributed by atoms with E-state index < -0.39 is 0 Å². The van der Waals surface area contributed by atoms with Gasteiger partial charge >= 0.3 is 0 Å². The predicted octanol–water partition coefficient (Wildman–Crippen LogP) is 3.21. The minimum absolute atomic E-state index is 0.252. The lowest BCUT2D eigenvalue weighted by Gasteiger charge is -2.31. The molecule has 3 nitrogen and oxygen atoms in total. The molecule has 0 aromatic carbocycles. The topological polar surface area (TPSA) is 34.1 Å². The third kappa shape index (κ3) is 2.22. The van der Waals surface area contributed by atoms with Gasteiger partial charge in [-0.2, -0.15) is 0 Å². The molecule has 0 aliphatic heterocycles. The van der Waals surface area contributed by atoms with Crippen molar-refractivity contribution < 1.29 is 4.74 Å². The van der Waals surface area contributed by atoms with Crippen LogP contribution in [0.25, 0.3) is 10.1 Å². The third-order valence-corrected chi connectivity index (χ3v) is 4.56. The highest BCUT2D eigenvalue weighted by Gasteiger charge is 2.26. The first-order valence-electron chi connectivity index (χ1n) is 6.54. The molecule has 18 heavy (non-hydrogen) atoms. The molecule has 0 saturated heterocycles. The molecule has 2 aromatic rings. The van der Waals surface area contributed by atoms with Crippen molar-refractivity contribution in [2.45, 2.75) is 37.8 Å². The highest BCUT2D eigenvalue weighted by Crippen LogP contribution is 2.30. The van der Waals surface area contributed by atoms with E-state index in [4.69, 9.17) is 4.74 Å². The first-order chi connectivity index (χ1) is 8.88. The van der Waals surface area contributed by atoms with Gasteiger partial charge in [0.05, 0.1) is 5.39 Å². The zero-order chi connectivity index (χ0) is 12.4. The molecule has 0 spiro atoms. The Hall–Kier alpha value is -1.13. The van der Waals surface area contributed by atoms with Crippen molar-refractivity contribution >= 4 is 21.4 Å². The Labute approximate surface area is 111 Å². The van der Waals surface area contributed by atoms with Gasteiger partial charge in [-0.05, 0) is 43.8 Å². The smallest absolute Gasteiger partial charge is 0.222 e. The number of fused-ring (bicyclic) bond motifs is 1. The minimum atomic E-state index is 0.252. The molecule has 96 valence electrons. The second-order valence-electron chi connectivity index (χ2n) is 4.78. The summed E-state index contributed by atoms with van der Waals surface area (Å²) in [5.74, 6) is 0.793. The van der Waals surface area contributed by atoms with E-state index >= 15 is 0 Å². The maximum absolute atomic E-state index is 6.16. The van der Waals surface area contributed by atoms with Gasteiger partial charge in [-0.1, -0.05) is 6.42 Å². The van der Waals surface area contributed by atoms with Crippen LogP contribution in [-0.4, -0.2) is 24.2 Å². The Morgan fingerprint density at radius 1 is 1.33 bits per heavy atom. The maximum Gasteiger partial charge on any atom is 0.222 e. The van der Waals surface area contributed by atoms with Crippen LogP contribution >= 0.6 is 11.3 Å². The number of nitrogens with zero attached hydrogens (tertiary/aromatic N) is 1. The van der Waals surface area contributed by atoms with Crippen LogP contribution in [0.3, 0.4) is 0 Å². The van der Waals surface area contributed by atoms with E-state index in [1.165, 1.54) is 24.0 Å². The molecule has 2 unspecified atom stereocenters. The number of hydrogen-bond acceptors (Lipinski definition) is 4. The highest BCUT2D eigenvalue weighted by atomic mass is 32.1. The molecular formula is C14H18N2OS. The summed E-state index contributed by atoms with van der Waals surface area (Å²) in [7, 11) is 2.02. The summed E-state index contributed by atoms with van der Waals surface area (Å²) in [6.45, 7) is 0. The Kier molecular flexibility index (Phi) is 3.48. The van der Waals surface area contributed by atoms with E-state index in [-0.39, 0.29) is 6.10 Å². The largest absolute Gasteiger partial charge is 0.472 e. The number of thiophene rings is 1. The number of aromatic nitrogens is 1. The van der Waals surface area contributed by atoms with E-state index in [1.807, 2.05) is 19.3 Å². The van der Waals surface area contributed by atoms with Crippen LogP contribution in [0.1, 0.15) is 25.7 Å². The average molecular weight is 262 g/mol. The second kappa shape index (κ2) is 5.24. The van der Waals surface area contributed by atoms with Crippen LogP contribution in [0.5, 0.6) is 5.88 Å². The fourth-order valence-electron chi connectivity index (χ4n) is 2.67. The van der Waals surface area contributed by atoms with Crippen LogP contribution in [0.2, 0.25) is 0 Å². The van der Waals surface area contributed by atoms with Crippen LogP contribution in [-0.2, 0) is 0 Å². The Morgan fingerprint density at radius 3 is 3.11 bits per heavy atom. The van der Waals surface area contributed by atoms with Gasteiger partial charge in [-0.3, -0.25) is 0 Å². The molecule has 1 fully saturated rings. The van der Waals surface area contributed by atoms with Crippen molar-refractivity contribution in [3.05, 3.63) is 23.7 Å². The zero-order valence-corrected chi connectivity index (χ0v) is 11.4. The number of ether oxygens (including phenoxy) is 1. The monoisotopic (exact) mass is 262 g/mol. The van der Waals surface area contributed by atoms with Gasteiger partial charge in [0.15, 0.2) is 0 Å². The van der Waals surface area contributed by atoms with Crippen molar-refractivity contribution in [3.8, 4) is 5.88 Å². The minimum Gasteiger partial charge on any atom is -0.472 e. The molecular weight excluding hydrogens is 244 g/mol. The van der Waals surface area contributed by atoms with Crippen LogP contribution in [0.4, 0.5) is 0 Å². The van der Waals surface area contributed by atoms with E-state index in [0.717, 1.165) is 17.7 Å². The first kappa shape index (κ1) is 11.9. The van der Waals surface area contributed by atoms with Crippen LogP contribution in [0.15, 0.2) is 23.7 Å². The van der Waals surface area contributed by atoms with Crippen LogP contribution < -0.4 is 10.1 Å². The molecule has 0 bridgehead atoms. The Bertz CT molecular complexity index is 525. The molecule has 4 heteroatoms. The van der Waals surface area contributed by atoms with Gasteiger partial charge in [-0.15, -0.1) is 11.3 Å². The normalized spacial score (nSPS) is 24.3. The van der Waals surface area contributed by atoms with Crippen molar-refractivity contribution in [1.29, 1.82) is 0 Å². The number of likely N-dealkylation sites (N-methyl/N-ethyl adjacent to an activating group) is 1. The highest BCUT2D eigenvalue weighted by molar-refractivity contribution is 7.17. The summed E-state index contributed by atoms with van der Waals surface area (Å²) in [6.07, 6.45) is 6.95. The van der Waals surface area contributed by atoms with E-state index in [1.54, 1.807) is 11.3 Å². The fourth-order valence-corrected chi connectivity index (χ4v) is 3.45. The lowest BCUT2D eigenvalue weighted by Crippen LogP contribution is -2.43. The quantitative estimate of drug-likeness (QED) is 0.922. The van der Waals surface area contributed by atoms with Gasteiger partial charge in [0.25, 0.3) is 0 Å². The summed E-state index contributed by atoms with van der Waals surface area (Å²) in [5, 5.41) is 6.60. The molecule has 0 amide bonds. The maximum atomic E-state index is 6.16. The second-order valence-corrected chi connectivity index (χ2v) is 5.73. The van der Waals surface area contributed by atoms with Gasteiger partial charge in [-0.25, -0.2) is 4.98 Å². The first-order valence-corrected chi connectivity index (χ1v) is 7.42. The number of hydrogen-bond donors (Lipinski definition) is 1. The zero-order valence-electron chi connectivity index (χ0n) is 10.6. The van der Waals surface area contributed by atoms with Gasteiger partial charge in [0.2, 0.25) is 5.88 Å². The molecule has 1 aliphatic carbocycles. The molecule has 1 aliphatic rings. The van der Waals surface area contributed by atoms with E-state index in [0.29, 0.717) is 6.04 Å². The SMILES string of the molecule is CNC1CCCCC1Oc1nccc2sccc12. The van der Waals surface area contributed by atoms with Crippen molar-refractivity contribution in [1.82, 2.24) is 10.3 Å².